The molecule has 1 heterocycles. The van der Waals surface area contributed by atoms with Crippen molar-refractivity contribution in [2.45, 2.75) is 36.4 Å². The molecular weight excluding hydrogens is 570 g/mol. The van der Waals surface area contributed by atoms with Gasteiger partial charge in [-0.1, -0.05) is 34.6 Å². The molecule has 12 nitrogen and oxygen atoms in total. The first-order valence-electron chi connectivity index (χ1n) is 11.2. The lowest BCUT2D eigenvalue weighted by molar-refractivity contribution is -0.384. The summed E-state index contributed by atoms with van der Waals surface area (Å²) in [6, 6.07) is 9.09. The van der Waals surface area contributed by atoms with Crippen LogP contribution < -0.4 is 16.0 Å². The number of carbonyl (C=O) groups excluding carboxylic acids is 2. The van der Waals surface area contributed by atoms with Crippen LogP contribution in [0.25, 0.3) is 0 Å². The van der Waals surface area contributed by atoms with Crippen LogP contribution in [-0.2, 0) is 21.4 Å². The molecular formula is C23H26BrN5O7S. The van der Waals surface area contributed by atoms with Crippen LogP contribution in [0.15, 0.2) is 70.2 Å². The number of rotatable bonds is 10. The van der Waals surface area contributed by atoms with Gasteiger partial charge in [0.25, 0.3) is 5.69 Å². The molecule has 2 atom stereocenters. The van der Waals surface area contributed by atoms with Crippen LogP contribution in [0.5, 0.6) is 0 Å². The van der Waals surface area contributed by atoms with Gasteiger partial charge in [0.05, 0.1) is 9.82 Å². The number of hydrogen-bond donors (Lipinski definition) is 4. The Bertz CT molecular complexity index is 1270. The van der Waals surface area contributed by atoms with E-state index in [1.54, 1.807) is 0 Å². The van der Waals surface area contributed by atoms with Crippen molar-refractivity contribution in [2.24, 2.45) is 0 Å². The topological polar surface area (TPSA) is 171 Å². The standard InChI is InChI=1S/C23H26BrN5O7S/c1-15(30)20(14-26-23(32)25-13-16-4-6-17(24)7-5-16)27-22(31)21-3-2-12-28(21)37(35,36)19-10-8-18(9-11-19)29(33)34/h4-11,20-21,30H,1-3,12-14H2,(H,27,31)(H2,25,26,32)/t20-,21-/m0/s1. The smallest absolute Gasteiger partial charge is 0.315 e. The van der Waals surface area contributed by atoms with Gasteiger partial charge in [-0.3, -0.25) is 14.9 Å². The first kappa shape index (κ1) is 28.1. The highest BCUT2D eigenvalue weighted by Crippen LogP contribution is 2.27. The third-order valence-corrected chi connectivity index (χ3v) is 8.16. The van der Waals surface area contributed by atoms with Crippen LogP contribution in [0.2, 0.25) is 0 Å². The molecule has 37 heavy (non-hydrogen) atoms. The number of sulfonamides is 1. The van der Waals surface area contributed by atoms with Crippen molar-refractivity contribution in [1.29, 1.82) is 0 Å². The van der Waals surface area contributed by atoms with Gasteiger partial charge in [-0.2, -0.15) is 4.31 Å². The van der Waals surface area contributed by atoms with Crippen LogP contribution in [0.4, 0.5) is 10.5 Å². The molecule has 198 valence electrons. The number of halogens is 1. The van der Waals surface area contributed by atoms with Crippen molar-refractivity contribution in [3.05, 3.63) is 81.0 Å². The number of nitro groups is 1. The average molecular weight is 596 g/mol. The van der Waals surface area contributed by atoms with Crippen LogP contribution in [0, 0.1) is 10.1 Å². The minimum Gasteiger partial charge on any atom is -0.511 e. The van der Waals surface area contributed by atoms with E-state index in [4.69, 9.17) is 0 Å². The highest BCUT2D eigenvalue weighted by molar-refractivity contribution is 9.10. The van der Waals surface area contributed by atoms with E-state index in [0.717, 1.165) is 38.6 Å². The molecule has 4 N–H and O–H groups in total. The van der Waals surface area contributed by atoms with Gasteiger partial charge >= 0.3 is 6.03 Å². The molecule has 3 rings (SSSR count). The van der Waals surface area contributed by atoms with E-state index in [1.807, 2.05) is 24.3 Å². The maximum atomic E-state index is 13.1. The third kappa shape index (κ3) is 7.27. The number of aliphatic hydroxyl groups is 1. The number of urea groups is 1. The quantitative estimate of drug-likeness (QED) is 0.186. The second-order valence-corrected chi connectivity index (χ2v) is 11.1. The molecule has 2 aromatic carbocycles. The van der Waals surface area contributed by atoms with Gasteiger partial charge in [-0.15, -0.1) is 0 Å². The summed E-state index contributed by atoms with van der Waals surface area (Å²) in [5.74, 6) is -1.08. The predicted octanol–water partition coefficient (Wildman–Crippen LogP) is 2.57. The lowest BCUT2D eigenvalue weighted by Crippen LogP contribution is -2.52. The molecule has 0 unspecified atom stereocenters. The van der Waals surface area contributed by atoms with E-state index in [2.05, 4.69) is 38.5 Å². The summed E-state index contributed by atoms with van der Waals surface area (Å²) in [7, 11) is -4.11. The monoisotopic (exact) mass is 595 g/mol. The van der Waals surface area contributed by atoms with Crippen LogP contribution in [-0.4, -0.2) is 59.9 Å². The molecule has 2 aromatic rings. The van der Waals surface area contributed by atoms with E-state index in [9.17, 15) is 33.2 Å². The highest BCUT2D eigenvalue weighted by Gasteiger charge is 2.40. The van der Waals surface area contributed by atoms with Gasteiger partial charge in [0.2, 0.25) is 15.9 Å². The summed E-state index contributed by atoms with van der Waals surface area (Å²) >= 11 is 3.33. The zero-order valence-corrected chi connectivity index (χ0v) is 22.0. The van der Waals surface area contributed by atoms with Gasteiger partial charge < -0.3 is 21.1 Å². The lowest BCUT2D eigenvalue weighted by atomic mass is 10.2. The Morgan fingerprint density at radius 3 is 2.41 bits per heavy atom. The highest BCUT2D eigenvalue weighted by atomic mass is 79.9. The Morgan fingerprint density at radius 2 is 1.81 bits per heavy atom. The number of amides is 3. The third-order valence-electron chi connectivity index (χ3n) is 5.71. The second kappa shape index (κ2) is 12.2. The number of nitro benzene ring substituents is 1. The van der Waals surface area contributed by atoms with Crippen molar-refractivity contribution >= 4 is 43.6 Å². The predicted molar refractivity (Wildman–Crippen MR) is 138 cm³/mol. The minimum atomic E-state index is -4.11. The second-order valence-electron chi connectivity index (χ2n) is 8.27. The molecule has 0 aliphatic carbocycles. The maximum absolute atomic E-state index is 13.1. The van der Waals surface area contributed by atoms with Crippen molar-refractivity contribution in [1.82, 2.24) is 20.3 Å². The van der Waals surface area contributed by atoms with Gasteiger partial charge in [0.15, 0.2) is 0 Å². The molecule has 1 aliphatic heterocycles. The van der Waals surface area contributed by atoms with E-state index < -0.39 is 44.7 Å². The van der Waals surface area contributed by atoms with Gasteiger partial charge in [0, 0.05) is 36.2 Å². The molecule has 0 bridgehead atoms. The molecule has 0 spiro atoms. The summed E-state index contributed by atoms with van der Waals surface area (Å²) in [4.78, 5) is 35.2. The fourth-order valence-electron chi connectivity index (χ4n) is 3.73. The van der Waals surface area contributed by atoms with Gasteiger partial charge in [-0.25, -0.2) is 13.2 Å². The Labute approximate surface area is 222 Å². The van der Waals surface area contributed by atoms with Crippen LogP contribution >= 0.6 is 15.9 Å². The normalized spacial score (nSPS) is 16.5. The van der Waals surface area contributed by atoms with E-state index in [-0.39, 0.29) is 36.6 Å². The summed E-state index contributed by atoms with van der Waals surface area (Å²) in [6.07, 6.45) is 0.662. The fraction of sp³-hybridized carbons (Fsp3) is 0.304. The molecule has 1 fully saturated rings. The Morgan fingerprint density at radius 1 is 1.16 bits per heavy atom. The van der Waals surface area contributed by atoms with E-state index >= 15 is 0 Å². The molecule has 1 aliphatic rings. The number of nitrogens with zero attached hydrogens (tertiary/aromatic N) is 2. The first-order valence-corrected chi connectivity index (χ1v) is 13.4. The first-order chi connectivity index (χ1) is 17.5. The fourth-order valence-corrected chi connectivity index (χ4v) is 5.65. The molecule has 14 heteroatoms. The molecule has 0 aromatic heterocycles. The number of non-ortho nitro benzene ring substituents is 1. The molecule has 0 radical (unpaired) electrons. The summed E-state index contributed by atoms with van der Waals surface area (Å²) in [5, 5.41) is 28.6. The summed E-state index contributed by atoms with van der Waals surface area (Å²) < 4.78 is 28.2. The van der Waals surface area contributed by atoms with Crippen LogP contribution in [0.3, 0.4) is 0 Å². The summed E-state index contributed by atoms with van der Waals surface area (Å²) in [6.45, 7) is 3.58. The number of aliphatic hydroxyl groups excluding tert-OH is 1. The minimum absolute atomic E-state index is 0.0822. The van der Waals surface area contributed by atoms with Crippen molar-refractivity contribution in [2.75, 3.05) is 13.1 Å². The Kier molecular flexibility index (Phi) is 9.23. The molecule has 3 amide bonds. The van der Waals surface area contributed by atoms with Crippen LogP contribution in [0.1, 0.15) is 18.4 Å². The Hall–Kier alpha value is -3.49. The number of hydrogen-bond acceptors (Lipinski definition) is 7. The lowest BCUT2D eigenvalue weighted by Gasteiger charge is -2.26. The zero-order valence-electron chi connectivity index (χ0n) is 19.6. The van der Waals surface area contributed by atoms with Crippen molar-refractivity contribution in [3.8, 4) is 0 Å². The average Bonchev–Trinajstić information content (AvgIpc) is 3.37. The Balaban J connectivity index is 1.60. The number of carbonyl (C=O) groups is 2. The SMILES string of the molecule is C=C(O)[C@H](CNC(=O)NCc1ccc(Br)cc1)NC(=O)[C@@H]1CCCN1S(=O)(=O)c1ccc([N+](=O)[O-])cc1. The number of benzene rings is 2. The largest absolute Gasteiger partial charge is 0.511 e. The van der Waals surface area contributed by atoms with Crippen molar-refractivity contribution in [3.63, 3.8) is 0 Å². The summed E-state index contributed by atoms with van der Waals surface area (Å²) in [5.41, 5.74) is 0.609. The maximum Gasteiger partial charge on any atom is 0.315 e. The molecule has 1 saturated heterocycles. The number of nitrogens with one attached hydrogen (secondary N) is 3. The molecule has 0 saturated carbocycles. The zero-order chi connectivity index (χ0) is 27.2. The van der Waals surface area contributed by atoms with E-state index in [1.165, 1.54) is 0 Å². The van der Waals surface area contributed by atoms with Gasteiger partial charge in [0.1, 0.15) is 17.8 Å². The van der Waals surface area contributed by atoms with E-state index in [0.29, 0.717) is 6.42 Å². The van der Waals surface area contributed by atoms with Crippen molar-refractivity contribution < 1.29 is 28.0 Å². The van der Waals surface area contributed by atoms with Gasteiger partial charge in [-0.05, 0) is 42.7 Å².